The van der Waals surface area contributed by atoms with Crippen LogP contribution in [0.5, 0.6) is 0 Å². The Labute approximate surface area is 70.0 Å². The van der Waals surface area contributed by atoms with Gasteiger partial charge in [-0.3, -0.25) is 0 Å². The monoisotopic (exact) mass is 153 g/mol. The summed E-state index contributed by atoms with van der Waals surface area (Å²) in [5.74, 6) is 0. The maximum absolute atomic E-state index is 5.30. The lowest BCUT2D eigenvalue weighted by atomic mass is 10.1. The molecule has 0 aromatic rings. The summed E-state index contributed by atoms with van der Waals surface area (Å²) < 4.78 is 0. The molecule has 0 saturated carbocycles. The van der Waals surface area contributed by atoms with Gasteiger partial charge in [0.2, 0.25) is 0 Å². The van der Waals surface area contributed by atoms with Crippen LogP contribution in [0.1, 0.15) is 32.6 Å². The van der Waals surface area contributed by atoms with Crippen molar-refractivity contribution < 1.29 is 0 Å². The minimum atomic E-state index is 0.618. The first-order valence-electron chi connectivity index (χ1n) is 4.35. The molecule has 0 aliphatic heterocycles. The second-order valence-electron chi connectivity index (χ2n) is 2.75. The number of nitrogens with two attached hydrogens (primary N) is 1. The zero-order chi connectivity index (χ0) is 8.53. The molecule has 0 radical (unpaired) electrons. The van der Waals surface area contributed by atoms with Crippen LogP contribution in [0, 0.1) is 0 Å². The largest absolute Gasteiger partial charge is 0.327 e. The molecule has 0 aromatic heterocycles. The molecule has 2 N–H and O–H groups in total. The van der Waals surface area contributed by atoms with E-state index in [1.54, 1.807) is 0 Å². The first kappa shape index (κ1) is 10.4. The van der Waals surface area contributed by atoms with Crippen molar-refractivity contribution in [3.8, 4) is 0 Å². The fourth-order valence-corrected chi connectivity index (χ4v) is 0.920. The number of hydrogen-bond donors (Lipinski definition) is 1. The third-order valence-corrected chi connectivity index (χ3v) is 1.59. The highest BCUT2D eigenvalue weighted by Crippen LogP contribution is 2.07. The third kappa shape index (κ3) is 7.34. The van der Waals surface area contributed by atoms with E-state index in [1.807, 2.05) is 12.2 Å². The zero-order valence-corrected chi connectivity index (χ0v) is 7.47. The highest BCUT2D eigenvalue weighted by molar-refractivity contribution is 5.14. The van der Waals surface area contributed by atoms with E-state index in [1.165, 1.54) is 24.8 Å². The quantitative estimate of drug-likeness (QED) is 0.460. The first-order valence-corrected chi connectivity index (χ1v) is 4.35. The van der Waals surface area contributed by atoms with E-state index < -0.39 is 0 Å². The lowest BCUT2D eigenvalue weighted by Crippen LogP contribution is -1.92. The Bertz CT molecular complexity index is 125. The summed E-state index contributed by atoms with van der Waals surface area (Å²) in [5, 5.41) is 0. The second kappa shape index (κ2) is 7.55. The SMILES string of the molecule is C=C(/C=C\CN)CCCCC. The van der Waals surface area contributed by atoms with Crippen molar-refractivity contribution in [1.29, 1.82) is 0 Å². The molecule has 0 rings (SSSR count). The van der Waals surface area contributed by atoms with Crippen LogP contribution >= 0.6 is 0 Å². The Morgan fingerprint density at radius 3 is 2.73 bits per heavy atom. The average Bonchev–Trinajstić information content (AvgIpc) is 2.01. The van der Waals surface area contributed by atoms with E-state index in [9.17, 15) is 0 Å². The van der Waals surface area contributed by atoms with Crippen molar-refractivity contribution in [2.75, 3.05) is 6.54 Å². The Morgan fingerprint density at radius 2 is 2.18 bits per heavy atom. The molecular weight excluding hydrogens is 134 g/mol. The summed E-state index contributed by atoms with van der Waals surface area (Å²) in [6.45, 7) is 6.75. The molecule has 0 amide bonds. The lowest BCUT2D eigenvalue weighted by molar-refractivity contribution is 0.720. The molecule has 0 aromatic carbocycles. The summed E-state index contributed by atoms with van der Waals surface area (Å²) in [4.78, 5) is 0. The van der Waals surface area contributed by atoms with Gasteiger partial charge in [-0.15, -0.1) is 0 Å². The fraction of sp³-hybridized carbons (Fsp3) is 0.600. The lowest BCUT2D eigenvalue weighted by Gasteiger charge is -1.97. The van der Waals surface area contributed by atoms with Gasteiger partial charge in [-0.05, 0) is 12.8 Å². The number of rotatable bonds is 6. The average molecular weight is 153 g/mol. The molecule has 0 fully saturated rings. The van der Waals surface area contributed by atoms with Gasteiger partial charge >= 0.3 is 0 Å². The van der Waals surface area contributed by atoms with Crippen molar-refractivity contribution in [2.24, 2.45) is 5.73 Å². The van der Waals surface area contributed by atoms with E-state index in [4.69, 9.17) is 5.73 Å². The first-order chi connectivity index (χ1) is 5.31. The molecule has 0 bridgehead atoms. The third-order valence-electron chi connectivity index (χ3n) is 1.59. The van der Waals surface area contributed by atoms with E-state index in [-0.39, 0.29) is 0 Å². The summed E-state index contributed by atoms with van der Waals surface area (Å²) in [7, 11) is 0. The van der Waals surface area contributed by atoms with Gasteiger partial charge in [-0.1, -0.05) is 44.1 Å². The van der Waals surface area contributed by atoms with Crippen LogP contribution in [0.3, 0.4) is 0 Å². The van der Waals surface area contributed by atoms with E-state index in [2.05, 4.69) is 13.5 Å². The van der Waals surface area contributed by atoms with Crippen LogP contribution in [0.25, 0.3) is 0 Å². The molecule has 0 spiro atoms. The maximum Gasteiger partial charge on any atom is 0.0110 e. The van der Waals surface area contributed by atoms with Crippen LogP contribution in [0.2, 0.25) is 0 Å². The molecular formula is C10H19N. The Balaban J connectivity index is 3.30. The summed E-state index contributed by atoms with van der Waals surface area (Å²) >= 11 is 0. The molecule has 1 nitrogen and oxygen atoms in total. The number of allylic oxidation sites excluding steroid dienone is 2. The molecule has 0 atom stereocenters. The van der Waals surface area contributed by atoms with Crippen LogP contribution in [-0.2, 0) is 0 Å². The summed E-state index contributed by atoms with van der Waals surface area (Å²) in [5.41, 5.74) is 6.50. The molecule has 0 aliphatic rings. The minimum absolute atomic E-state index is 0.618. The predicted molar refractivity (Wildman–Crippen MR) is 51.5 cm³/mol. The van der Waals surface area contributed by atoms with E-state index in [0.29, 0.717) is 6.54 Å². The Hall–Kier alpha value is -0.560. The van der Waals surface area contributed by atoms with Crippen molar-refractivity contribution in [3.63, 3.8) is 0 Å². The Morgan fingerprint density at radius 1 is 1.45 bits per heavy atom. The fourth-order valence-electron chi connectivity index (χ4n) is 0.920. The normalized spacial score (nSPS) is 10.7. The number of hydrogen-bond acceptors (Lipinski definition) is 1. The summed E-state index contributed by atoms with van der Waals surface area (Å²) in [6.07, 6.45) is 8.92. The molecule has 11 heavy (non-hydrogen) atoms. The maximum atomic E-state index is 5.30. The zero-order valence-electron chi connectivity index (χ0n) is 7.47. The highest BCUT2D eigenvalue weighted by Gasteiger charge is 1.88. The summed E-state index contributed by atoms with van der Waals surface area (Å²) in [6, 6.07) is 0. The molecule has 1 heteroatoms. The smallest absolute Gasteiger partial charge is 0.0110 e. The Kier molecular flexibility index (Phi) is 7.16. The van der Waals surface area contributed by atoms with Crippen LogP contribution < -0.4 is 5.73 Å². The van der Waals surface area contributed by atoms with Gasteiger partial charge in [0.1, 0.15) is 0 Å². The van der Waals surface area contributed by atoms with Crippen LogP contribution in [-0.4, -0.2) is 6.54 Å². The van der Waals surface area contributed by atoms with Crippen LogP contribution in [0.15, 0.2) is 24.3 Å². The van der Waals surface area contributed by atoms with Gasteiger partial charge in [-0.2, -0.15) is 0 Å². The van der Waals surface area contributed by atoms with Crippen molar-refractivity contribution in [3.05, 3.63) is 24.3 Å². The van der Waals surface area contributed by atoms with Gasteiger partial charge < -0.3 is 5.73 Å². The molecule has 0 saturated heterocycles. The van der Waals surface area contributed by atoms with Crippen molar-refractivity contribution >= 4 is 0 Å². The van der Waals surface area contributed by atoms with Crippen LogP contribution in [0.4, 0.5) is 0 Å². The standard InChI is InChI=1S/C10H19N/c1-3-4-5-7-10(2)8-6-9-11/h6,8H,2-5,7,9,11H2,1H3/b8-6-. The minimum Gasteiger partial charge on any atom is -0.327 e. The van der Waals surface area contributed by atoms with Gasteiger partial charge in [0.25, 0.3) is 0 Å². The van der Waals surface area contributed by atoms with Gasteiger partial charge in [0.15, 0.2) is 0 Å². The number of unbranched alkanes of at least 4 members (excludes halogenated alkanes) is 2. The molecule has 0 aliphatic carbocycles. The topological polar surface area (TPSA) is 26.0 Å². The van der Waals surface area contributed by atoms with Gasteiger partial charge in [0.05, 0.1) is 0 Å². The van der Waals surface area contributed by atoms with Gasteiger partial charge in [0, 0.05) is 6.54 Å². The van der Waals surface area contributed by atoms with Crippen molar-refractivity contribution in [2.45, 2.75) is 32.6 Å². The molecule has 0 heterocycles. The van der Waals surface area contributed by atoms with Gasteiger partial charge in [-0.25, -0.2) is 0 Å². The highest BCUT2D eigenvalue weighted by atomic mass is 14.5. The van der Waals surface area contributed by atoms with Crippen molar-refractivity contribution in [1.82, 2.24) is 0 Å². The molecule has 0 unspecified atom stereocenters. The predicted octanol–water partition coefficient (Wildman–Crippen LogP) is 2.64. The van der Waals surface area contributed by atoms with E-state index >= 15 is 0 Å². The molecule has 64 valence electrons. The van der Waals surface area contributed by atoms with E-state index in [0.717, 1.165) is 6.42 Å². The second-order valence-corrected chi connectivity index (χ2v) is 2.75.